The summed E-state index contributed by atoms with van der Waals surface area (Å²) in [6.45, 7) is 3.97. The molecule has 0 heterocycles. The van der Waals surface area contributed by atoms with Crippen molar-refractivity contribution in [3.8, 4) is 0 Å². The Bertz CT molecular complexity index is 248. The van der Waals surface area contributed by atoms with Gasteiger partial charge in [-0.05, 0) is 26.7 Å². The van der Waals surface area contributed by atoms with Gasteiger partial charge in [-0.25, -0.2) is 0 Å². The van der Waals surface area contributed by atoms with Crippen LogP contribution in [0.5, 0.6) is 0 Å². The second-order valence-corrected chi connectivity index (χ2v) is 7.70. The molecule has 0 saturated heterocycles. The van der Waals surface area contributed by atoms with Crippen LogP contribution in [0.25, 0.3) is 0 Å². The van der Waals surface area contributed by atoms with Crippen molar-refractivity contribution in [1.82, 2.24) is 5.32 Å². The molecule has 5 nitrogen and oxygen atoms in total. The molecule has 0 rings (SSSR count). The number of nitrogens with one attached hydrogen (secondary N) is 1. The third kappa shape index (κ3) is 5.74. The van der Waals surface area contributed by atoms with E-state index in [4.69, 9.17) is 18.9 Å². The van der Waals surface area contributed by atoms with Crippen molar-refractivity contribution in [3.63, 3.8) is 0 Å². The van der Waals surface area contributed by atoms with Gasteiger partial charge in [-0.15, -0.1) is 0 Å². The molecule has 0 fully saturated rings. The summed E-state index contributed by atoms with van der Waals surface area (Å²) in [5.41, 5.74) is 0. The molecule has 128 valence electrons. The molecule has 0 aliphatic heterocycles. The molecule has 2 atom stereocenters. The Kier molecular flexibility index (Phi) is 10.2. The molecule has 0 aromatic heterocycles. The summed E-state index contributed by atoms with van der Waals surface area (Å²) >= 11 is 0. The third-order valence-corrected chi connectivity index (χ3v) is 5.60. The van der Waals surface area contributed by atoms with Gasteiger partial charge < -0.3 is 24.3 Å². The molecule has 0 aromatic rings. The van der Waals surface area contributed by atoms with Crippen LogP contribution in [0.3, 0.4) is 0 Å². The highest BCUT2D eigenvalue weighted by Crippen LogP contribution is 2.25. The SMILES string of the molecule is COC(C)(OC)C(CC[SiH3])NC(CC[SiH3])C(C)(OC)OC. The quantitative estimate of drug-likeness (QED) is 0.391. The van der Waals surface area contributed by atoms with Crippen molar-refractivity contribution < 1.29 is 18.9 Å². The standard InChI is InChI=1S/C14H35NO4Si2/c1-13(16-3,17-4)11(7-9-20)15-12(8-10-21)14(2,18-5)19-6/h11-12,15H,7-10H2,1-6,20-21H3. The number of hydrogen-bond donors (Lipinski definition) is 1. The van der Waals surface area contributed by atoms with Gasteiger partial charge in [0.15, 0.2) is 11.6 Å². The van der Waals surface area contributed by atoms with Gasteiger partial charge in [-0.1, -0.05) is 12.1 Å². The molecule has 0 radical (unpaired) electrons. The maximum atomic E-state index is 5.62. The molecule has 0 aliphatic carbocycles. The van der Waals surface area contributed by atoms with Gasteiger partial charge in [-0.2, -0.15) is 0 Å². The van der Waals surface area contributed by atoms with Crippen molar-refractivity contribution in [2.45, 2.75) is 62.4 Å². The van der Waals surface area contributed by atoms with Crippen LogP contribution in [0.1, 0.15) is 26.7 Å². The Balaban J connectivity index is 5.23. The van der Waals surface area contributed by atoms with Crippen LogP contribution in [-0.2, 0) is 18.9 Å². The molecule has 1 N–H and O–H groups in total. The minimum absolute atomic E-state index is 0.104. The normalized spacial score (nSPS) is 16.3. The van der Waals surface area contributed by atoms with Gasteiger partial charge in [0, 0.05) is 48.9 Å². The maximum absolute atomic E-state index is 5.62. The molecule has 0 saturated carbocycles. The number of ether oxygens (including phenoxy) is 4. The van der Waals surface area contributed by atoms with E-state index in [1.807, 2.05) is 13.8 Å². The van der Waals surface area contributed by atoms with Gasteiger partial charge in [0.25, 0.3) is 0 Å². The highest BCUT2D eigenvalue weighted by molar-refractivity contribution is 6.08. The fourth-order valence-corrected chi connectivity index (χ4v) is 3.70. The molecule has 0 amide bonds. The Morgan fingerprint density at radius 1 is 0.762 bits per heavy atom. The van der Waals surface area contributed by atoms with Crippen LogP contribution in [0.15, 0.2) is 0 Å². The number of methoxy groups -OCH3 is 4. The van der Waals surface area contributed by atoms with Crippen molar-refractivity contribution in [2.24, 2.45) is 0 Å². The topological polar surface area (TPSA) is 49.0 Å². The summed E-state index contributed by atoms with van der Waals surface area (Å²) in [5, 5.41) is 3.69. The lowest BCUT2D eigenvalue weighted by atomic mass is 9.99. The third-order valence-electron chi connectivity index (χ3n) is 4.44. The summed E-state index contributed by atoms with van der Waals surface area (Å²) in [6, 6.07) is 2.58. The number of hydrogen-bond acceptors (Lipinski definition) is 5. The summed E-state index contributed by atoms with van der Waals surface area (Å²) in [6.07, 6.45) is 2.04. The molecule has 7 heteroatoms. The van der Waals surface area contributed by atoms with Crippen LogP contribution in [0.2, 0.25) is 12.1 Å². The van der Waals surface area contributed by atoms with E-state index in [0.717, 1.165) is 33.3 Å². The van der Waals surface area contributed by atoms with Crippen molar-refractivity contribution in [2.75, 3.05) is 28.4 Å². The maximum Gasteiger partial charge on any atom is 0.180 e. The Labute approximate surface area is 136 Å². The van der Waals surface area contributed by atoms with Crippen LogP contribution in [-0.4, -0.2) is 72.6 Å². The lowest BCUT2D eigenvalue weighted by Crippen LogP contribution is -2.60. The summed E-state index contributed by atoms with van der Waals surface area (Å²) in [5.74, 6) is -1.29. The van der Waals surface area contributed by atoms with E-state index in [9.17, 15) is 0 Å². The van der Waals surface area contributed by atoms with Crippen molar-refractivity contribution in [1.29, 1.82) is 0 Å². The first-order valence-corrected chi connectivity index (χ1v) is 10.7. The largest absolute Gasteiger partial charge is 0.352 e. The summed E-state index contributed by atoms with van der Waals surface area (Å²) in [7, 11) is 9.10. The Morgan fingerprint density at radius 3 is 1.24 bits per heavy atom. The highest BCUT2D eigenvalue weighted by atomic mass is 28.1. The summed E-state index contributed by atoms with van der Waals surface area (Å²) in [4.78, 5) is 0. The van der Waals surface area contributed by atoms with E-state index >= 15 is 0 Å². The molecular weight excluding hydrogens is 302 g/mol. The van der Waals surface area contributed by atoms with E-state index in [-0.39, 0.29) is 12.1 Å². The van der Waals surface area contributed by atoms with Crippen LogP contribution >= 0.6 is 0 Å². The first kappa shape index (κ1) is 21.2. The molecule has 2 unspecified atom stereocenters. The predicted molar refractivity (Wildman–Crippen MR) is 94.3 cm³/mol. The molecule has 0 aliphatic rings. The van der Waals surface area contributed by atoms with E-state index in [1.54, 1.807) is 28.4 Å². The first-order valence-electron chi connectivity index (χ1n) is 7.83. The molecule has 0 bridgehead atoms. The summed E-state index contributed by atoms with van der Waals surface area (Å²) < 4.78 is 22.5. The number of rotatable bonds is 12. The van der Waals surface area contributed by atoms with Gasteiger partial charge in [0.05, 0.1) is 12.1 Å². The minimum atomic E-state index is -0.643. The van der Waals surface area contributed by atoms with Crippen LogP contribution < -0.4 is 5.32 Å². The van der Waals surface area contributed by atoms with E-state index in [0.29, 0.717) is 0 Å². The van der Waals surface area contributed by atoms with Gasteiger partial charge in [0.1, 0.15) is 0 Å². The predicted octanol–water partition coefficient (Wildman–Crippen LogP) is -0.321. The van der Waals surface area contributed by atoms with Crippen LogP contribution in [0.4, 0.5) is 0 Å². The van der Waals surface area contributed by atoms with Gasteiger partial charge in [-0.3, -0.25) is 0 Å². The minimum Gasteiger partial charge on any atom is -0.352 e. The Morgan fingerprint density at radius 2 is 1.05 bits per heavy atom. The molecule has 0 spiro atoms. The van der Waals surface area contributed by atoms with Crippen molar-refractivity contribution >= 4 is 20.5 Å². The van der Waals surface area contributed by atoms with Crippen LogP contribution in [0, 0.1) is 0 Å². The zero-order valence-corrected chi connectivity index (χ0v) is 19.1. The zero-order valence-electron chi connectivity index (χ0n) is 15.1. The van der Waals surface area contributed by atoms with Gasteiger partial charge in [0.2, 0.25) is 0 Å². The Hall–Kier alpha value is 0.234. The second-order valence-electron chi connectivity index (χ2n) is 5.70. The monoisotopic (exact) mass is 337 g/mol. The van der Waals surface area contributed by atoms with Gasteiger partial charge >= 0.3 is 0 Å². The first-order chi connectivity index (χ1) is 9.87. The molecule has 21 heavy (non-hydrogen) atoms. The fourth-order valence-electron chi connectivity index (χ4n) is 2.55. The highest BCUT2D eigenvalue weighted by Gasteiger charge is 2.40. The second kappa shape index (κ2) is 10.1. The molecule has 0 aromatic carbocycles. The van der Waals surface area contributed by atoms with Crippen molar-refractivity contribution in [3.05, 3.63) is 0 Å². The lowest BCUT2D eigenvalue weighted by molar-refractivity contribution is -0.237. The smallest absolute Gasteiger partial charge is 0.180 e. The van der Waals surface area contributed by atoms with E-state index in [2.05, 4.69) is 5.32 Å². The van der Waals surface area contributed by atoms with E-state index in [1.165, 1.54) is 12.1 Å². The molecular formula is C14H35NO4Si2. The lowest BCUT2D eigenvalue weighted by Gasteiger charge is -2.42. The fraction of sp³-hybridized carbons (Fsp3) is 1.00. The van der Waals surface area contributed by atoms with E-state index < -0.39 is 11.6 Å². The average molecular weight is 338 g/mol. The average Bonchev–Trinajstić information content (AvgIpc) is 2.52. The zero-order chi connectivity index (χ0) is 16.5.